The lowest BCUT2D eigenvalue weighted by atomic mass is 9.96. The summed E-state index contributed by atoms with van der Waals surface area (Å²) in [7, 11) is 0. The van der Waals surface area contributed by atoms with Gasteiger partial charge in [-0.2, -0.15) is 0 Å². The van der Waals surface area contributed by atoms with E-state index in [9.17, 15) is 9.18 Å². The Bertz CT molecular complexity index is 1180. The normalized spacial score (nSPS) is 10.8. The molecule has 0 spiro atoms. The van der Waals surface area contributed by atoms with Crippen molar-refractivity contribution >= 4 is 11.6 Å². The van der Waals surface area contributed by atoms with Crippen molar-refractivity contribution < 1.29 is 9.18 Å². The Morgan fingerprint density at radius 3 is 2.03 bits per heavy atom. The molecule has 0 aliphatic carbocycles. The van der Waals surface area contributed by atoms with E-state index < -0.39 is 0 Å². The summed E-state index contributed by atoms with van der Waals surface area (Å²) in [6, 6.07) is 25.9. The van der Waals surface area contributed by atoms with Gasteiger partial charge >= 0.3 is 0 Å². The van der Waals surface area contributed by atoms with Crippen molar-refractivity contribution in [2.24, 2.45) is 0 Å². The quantitative estimate of drug-likeness (QED) is 0.371. The van der Waals surface area contributed by atoms with Crippen molar-refractivity contribution in [3.63, 3.8) is 0 Å². The Balaban J connectivity index is 1.99. The summed E-state index contributed by atoms with van der Waals surface area (Å²) >= 11 is 0. The highest BCUT2D eigenvalue weighted by Gasteiger charge is 2.27. The number of nitrogens with one attached hydrogen (secondary N) is 1. The number of rotatable bonds is 6. The molecule has 0 aliphatic rings. The number of halogens is 1. The molecule has 4 aromatic rings. The standard InChI is InChI=1S/C27H25FN2O/c1-3-23-25(27(31)29-22-13-9-6-10-14-22)24(19-11-7-5-8-12-19)26(30(23)4-2)20-15-17-21(28)18-16-20/h5-18H,3-4H2,1-2H3,(H,29,31). The van der Waals surface area contributed by atoms with Crippen LogP contribution in [0.3, 0.4) is 0 Å². The first kappa shape index (κ1) is 20.6. The molecule has 0 saturated carbocycles. The number of carbonyl (C=O) groups is 1. The molecule has 31 heavy (non-hydrogen) atoms. The molecule has 0 atom stereocenters. The molecule has 1 N–H and O–H groups in total. The molecule has 4 rings (SSSR count). The highest BCUT2D eigenvalue weighted by molar-refractivity contribution is 6.12. The lowest BCUT2D eigenvalue weighted by Gasteiger charge is -2.12. The minimum absolute atomic E-state index is 0.141. The van der Waals surface area contributed by atoms with E-state index >= 15 is 0 Å². The number of aromatic nitrogens is 1. The fourth-order valence-electron chi connectivity index (χ4n) is 4.14. The van der Waals surface area contributed by atoms with Gasteiger partial charge in [-0.15, -0.1) is 0 Å². The van der Waals surface area contributed by atoms with E-state index in [1.165, 1.54) is 12.1 Å². The third-order valence-corrected chi connectivity index (χ3v) is 5.46. The van der Waals surface area contributed by atoms with Crippen LogP contribution in [-0.2, 0) is 13.0 Å². The molecule has 0 unspecified atom stereocenters. The van der Waals surface area contributed by atoms with Gasteiger partial charge in [0.25, 0.3) is 5.91 Å². The van der Waals surface area contributed by atoms with Gasteiger partial charge in [-0.1, -0.05) is 55.5 Å². The van der Waals surface area contributed by atoms with Gasteiger partial charge in [0.05, 0.1) is 11.3 Å². The van der Waals surface area contributed by atoms with Gasteiger partial charge in [0, 0.05) is 23.5 Å². The summed E-state index contributed by atoms with van der Waals surface area (Å²) in [4.78, 5) is 13.6. The Morgan fingerprint density at radius 2 is 1.45 bits per heavy atom. The van der Waals surface area contributed by atoms with E-state index in [2.05, 4.69) is 23.7 Å². The fraction of sp³-hybridized carbons (Fsp3) is 0.148. The molecule has 3 nitrogen and oxygen atoms in total. The van der Waals surface area contributed by atoms with Crippen LogP contribution in [0, 0.1) is 5.82 Å². The molecule has 156 valence electrons. The molecule has 1 amide bonds. The number of hydrogen-bond acceptors (Lipinski definition) is 1. The average molecular weight is 413 g/mol. The molecule has 0 radical (unpaired) electrons. The van der Waals surface area contributed by atoms with Crippen LogP contribution < -0.4 is 5.32 Å². The molecule has 0 saturated heterocycles. The number of carbonyl (C=O) groups excluding carboxylic acids is 1. The zero-order valence-electron chi connectivity index (χ0n) is 17.7. The van der Waals surface area contributed by atoms with Crippen molar-refractivity contribution in [1.82, 2.24) is 4.57 Å². The van der Waals surface area contributed by atoms with E-state index in [1.807, 2.05) is 60.7 Å². The maximum atomic E-state index is 13.7. The highest BCUT2D eigenvalue weighted by Crippen LogP contribution is 2.40. The van der Waals surface area contributed by atoms with Crippen LogP contribution >= 0.6 is 0 Å². The predicted octanol–water partition coefficient (Wildman–Crippen LogP) is 6.80. The van der Waals surface area contributed by atoms with Gasteiger partial charge in [-0.05, 0) is 60.9 Å². The molecule has 0 fully saturated rings. The number of hydrogen-bond donors (Lipinski definition) is 1. The predicted molar refractivity (Wildman–Crippen MR) is 125 cm³/mol. The third kappa shape index (κ3) is 4.02. The number of para-hydroxylation sites is 1. The molecule has 0 bridgehead atoms. The van der Waals surface area contributed by atoms with Gasteiger partial charge in [-0.3, -0.25) is 4.79 Å². The van der Waals surface area contributed by atoms with Crippen molar-refractivity contribution in [2.75, 3.05) is 5.32 Å². The van der Waals surface area contributed by atoms with Gasteiger partial charge in [0.1, 0.15) is 5.82 Å². The minimum Gasteiger partial charge on any atom is -0.344 e. The van der Waals surface area contributed by atoms with Crippen LogP contribution in [0.1, 0.15) is 29.9 Å². The van der Waals surface area contributed by atoms with E-state index in [4.69, 9.17) is 0 Å². The molecular formula is C27H25FN2O. The Labute approximate surface area is 182 Å². The highest BCUT2D eigenvalue weighted by atomic mass is 19.1. The Kier molecular flexibility index (Phi) is 5.99. The van der Waals surface area contributed by atoms with Crippen molar-refractivity contribution in [2.45, 2.75) is 26.8 Å². The fourth-order valence-corrected chi connectivity index (χ4v) is 4.14. The van der Waals surface area contributed by atoms with Crippen molar-refractivity contribution in [1.29, 1.82) is 0 Å². The van der Waals surface area contributed by atoms with Gasteiger partial charge in [0.15, 0.2) is 0 Å². The second-order valence-corrected chi connectivity index (χ2v) is 7.34. The van der Waals surface area contributed by atoms with E-state index in [-0.39, 0.29) is 11.7 Å². The summed E-state index contributed by atoms with van der Waals surface area (Å²) in [5, 5.41) is 3.06. The van der Waals surface area contributed by atoms with Crippen LogP contribution in [0.25, 0.3) is 22.4 Å². The Hall–Kier alpha value is -3.66. The van der Waals surface area contributed by atoms with Gasteiger partial charge in [-0.25, -0.2) is 4.39 Å². The van der Waals surface area contributed by atoms with Crippen LogP contribution in [0.4, 0.5) is 10.1 Å². The number of benzene rings is 3. The SMILES string of the molecule is CCc1c(C(=O)Nc2ccccc2)c(-c2ccccc2)c(-c2ccc(F)cc2)n1CC. The topological polar surface area (TPSA) is 34.0 Å². The Morgan fingerprint density at radius 1 is 0.839 bits per heavy atom. The first-order valence-corrected chi connectivity index (χ1v) is 10.6. The monoisotopic (exact) mass is 412 g/mol. The third-order valence-electron chi connectivity index (χ3n) is 5.46. The number of amides is 1. The summed E-state index contributed by atoms with van der Waals surface area (Å²) < 4.78 is 15.8. The lowest BCUT2D eigenvalue weighted by molar-refractivity contribution is 0.102. The molecule has 1 aromatic heterocycles. The second kappa shape index (κ2) is 9.00. The smallest absolute Gasteiger partial charge is 0.258 e. The zero-order chi connectivity index (χ0) is 21.8. The summed E-state index contributed by atoms with van der Waals surface area (Å²) in [6.07, 6.45) is 0.701. The largest absolute Gasteiger partial charge is 0.344 e. The van der Waals surface area contributed by atoms with Crippen molar-refractivity contribution in [3.05, 3.63) is 102 Å². The van der Waals surface area contributed by atoms with Crippen molar-refractivity contribution in [3.8, 4) is 22.4 Å². The van der Waals surface area contributed by atoms with Crippen LogP contribution in [-0.4, -0.2) is 10.5 Å². The van der Waals surface area contributed by atoms with Gasteiger partial charge < -0.3 is 9.88 Å². The summed E-state index contributed by atoms with van der Waals surface area (Å²) in [5.41, 5.74) is 6.04. The van der Waals surface area contributed by atoms with E-state index in [1.54, 1.807) is 12.1 Å². The van der Waals surface area contributed by atoms with E-state index in [0.717, 1.165) is 33.8 Å². The summed E-state index contributed by atoms with van der Waals surface area (Å²) in [5.74, 6) is -0.421. The molecule has 0 aliphatic heterocycles. The molecular weight excluding hydrogens is 387 g/mol. The number of nitrogens with zero attached hydrogens (tertiary/aromatic N) is 1. The maximum absolute atomic E-state index is 13.7. The summed E-state index contributed by atoms with van der Waals surface area (Å²) in [6.45, 7) is 4.83. The maximum Gasteiger partial charge on any atom is 0.258 e. The van der Waals surface area contributed by atoms with Gasteiger partial charge in [0.2, 0.25) is 0 Å². The van der Waals surface area contributed by atoms with Crippen LogP contribution in [0.5, 0.6) is 0 Å². The minimum atomic E-state index is -0.280. The first-order valence-electron chi connectivity index (χ1n) is 10.6. The first-order chi connectivity index (χ1) is 15.1. The lowest BCUT2D eigenvalue weighted by Crippen LogP contribution is -2.15. The van der Waals surface area contributed by atoms with E-state index in [0.29, 0.717) is 18.5 Å². The van der Waals surface area contributed by atoms with Crippen LogP contribution in [0.15, 0.2) is 84.9 Å². The van der Waals surface area contributed by atoms with Crippen LogP contribution in [0.2, 0.25) is 0 Å². The zero-order valence-corrected chi connectivity index (χ0v) is 17.7. The molecule has 1 heterocycles. The number of anilines is 1. The second-order valence-electron chi connectivity index (χ2n) is 7.34. The molecule has 4 heteroatoms. The average Bonchev–Trinajstić information content (AvgIpc) is 3.15. The molecule has 3 aromatic carbocycles.